The number of benzene rings is 2. The molecule has 0 fully saturated rings. The molecule has 0 heterocycles. The van der Waals surface area contributed by atoms with E-state index in [1.165, 1.54) is 11.8 Å². The van der Waals surface area contributed by atoms with Crippen molar-refractivity contribution >= 4 is 58.3 Å². The Hall–Kier alpha value is -1.07. The molecule has 0 aliphatic heterocycles. The monoisotopic (exact) mass is 388 g/mol. The second-order valence-electron chi connectivity index (χ2n) is 4.71. The molecule has 23 heavy (non-hydrogen) atoms. The Balaban J connectivity index is 2.13. The summed E-state index contributed by atoms with van der Waals surface area (Å²) in [6, 6.07) is 10.5. The number of hydrogen-bond acceptors (Lipinski definition) is 2. The maximum absolute atomic E-state index is 11.7. The Labute approximate surface area is 154 Å². The summed E-state index contributed by atoms with van der Waals surface area (Å²) in [6.45, 7) is 2.59. The van der Waals surface area contributed by atoms with Crippen LogP contribution in [0.5, 0.6) is 0 Å². The zero-order valence-corrected chi connectivity index (χ0v) is 15.4. The molecule has 0 aromatic heterocycles. The van der Waals surface area contributed by atoms with Gasteiger partial charge in [-0.2, -0.15) is 0 Å². The average molecular weight is 390 g/mol. The Morgan fingerprint density at radius 1 is 1.09 bits per heavy atom. The molecule has 0 saturated carbocycles. The Kier molecular flexibility index (Phi) is 6.90. The third-order valence-corrected chi connectivity index (χ3v) is 5.05. The first-order valence-electron chi connectivity index (χ1n) is 6.97. The zero-order chi connectivity index (χ0) is 16.8. The van der Waals surface area contributed by atoms with Gasteiger partial charge < -0.3 is 10.6 Å². The van der Waals surface area contributed by atoms with Crippen molar-refractivity contribution in [3.8, 4) is 0 Å². The van der Waals surface area contributed by atoms with Gasteiger partial charge >= 0.3 is 6.03 Å². The van der Waals surface area contributed by atoms with Crippen molar-refractivity contribution in [2.75, 3.05) is 11.9 Å². The smallest absolute Gasteiger partial charge is 0.319 e. The van der Waals surface area contributed by atoms with E-state index in [1.807, 2.05) is 19.1 Å². The van der Waals surface area contributed by atoms with Gasteiger partial charge in [-0.05, 0) is 42.8 Å². The number of amides is 2. The highest BCUT2D eigenvalue weighted by Crippen LogP contribution is 2.40. The fraction of sp³-hybridized carbons (Fsp3) is 0.188. The van der Waals surface area contributed by atoms with Gasteiger partial charge in [0.15, 0.2) is 0 Å². The summed E-state index contributed by atoms with van der Waals surface area (Å²) in [6.07, 6.45) is 0.867. The van der Waals surface area contributed by atoms with Gasteiger partial charge in [0.2, 0.25) is 0 Å². The summed E-state index contributed by atoms with van der Waals surface area (Å²) in [5, 5.41) is 7.06. The van der Waals surface area contributed by atoms with E-state index in [9.17, 15) is 4.79 Å². The van der Waals surface area contributed by atoms with E-state index in [0.29, 0.717) is 27.3 Å². The highest BCUT2D eigenvalue weighted by Gasteiger charge is 2.11. The largest absolute Gasteiger partial charge is 0.338 e. The van der Waals surface area contributed by atoms with Gasteiger partial charge in [-0.15, -0.1) is 0 Å². The molecule has 0 saturated heterocycles. The lowest BCUT2D eigenvalue weighted by Gasteiger charge is -2.11. The number of carbonyl (C=O) groups excluding carboxylic acids is 1. The molecule has 0 spiro atoms. The fourth-order valence-electron chi connectivity index (χ4n) is 1.76. The molecule has 2 N–H and O–H groups in total. The van der Waals surface area contributed by atoms with E-state index in [4.69, 9.17) is 34.8 Å². The topological polar surface area (TPSA) is 41.1 Å². The molecule has 3 nitrogen and oxygen atoms in total. The summed E-state index contributed by atoms with van der Waals surface area (Å²) in [5.41, 5.74) is 0.550. The molecule has 0 aliphatic rings. The molecular formula is C16H15Cl3N2OS. The summed E-state index contributed by atoms with van der Waals surface area (Å²) >= 11 is 19.9. The Morgan fingerprint density at radius 3 is 2.26 bits per heavy atom. The van der Waals surface area contributed by atoms with Crippen LogP contribution in [-0.4, -0.2) is 12.6 Å². The summed E-state index contributed by atoms with van der Waals surface area (Å²) < 4.78 is 0. The highest BCUT2D eigenvalue weighted by molar-refractivity contribution is 7.99. The third-order valence-electron chi connectivity index (χ3n) is 2.83. The molecule has 0 bridgehead atoms. The van der Waals surface area contributed by atoms with Crippen LogP contribution in [-0.2, 0) is 0 Å². The molecule has 7 heteroatoms. The van der Waals surface area contributed by atoms with Crippen LogP contribution in [0, 0.1) is 0 Å². The molecule has 122 valence electrons. The van der Waals surface area contributed by atoms with Crippen molar-refractivity contribution in [1.82, 2.24) is 5.32 Å². The number of carbonyl (C=O) groups is 1. The fourth-order valence-corrected chi connectivity index (χ4v) is 3.43. The maximum Gasteiger partial charge on any atom is 0.319 e. The van der Waals surface area contributed by atoms with E-state index in [1.54, 1.807) is 24.3 Å². The van der Waals surface area contributed by atoms with E-state index in [0.717, 1.165) is 16.2 Å². The number of hydrogen-bond donors (Lipinski definition) is 2. The van der Waals surface area contributed by atoms with Crippen LogP contribution in [0.4, 0.5) is 10.5 Å². The van der Waals surface area contributed by atoms with Crippen LogP contribution < -0.4 is 10.6 Å². The van der Waals surface area contributed by atoms with Crippen LogP contribution in [0.1, 0.15) is 13.3 Å². The molecule has 0 unspecified atom stereocenters. The van der Waals surface area contributed by atoms with Crippen molar-refractivity contribution < 1.29 is 4.79 Å². The molecule has 0 radical (unpaired) electrons. The normalized spacial score (nSPS) is 10.4. The lowest BCUT2D eigenvalue weighted by atomic mass is 10.3. The molecule has 0 aliphatic carbocycles. The SMILES string of the molecule is CCCNC(=O)Nc1cc(Cl)c(Sc2ccc(Cl)cc2)c(Cl)c1. The van der Waals surface area contributed by atoms with E-state index in [-0.39, 0.29) is 6.03 Å². The van der Waals surface area contributed by atoms with Gasteiger partial charge in [-0.3, -0.25) is 0 Å². The summed E-state index contributed by atoms with van der Waals surface area (Å²) in [5.74, 6) is 0. The van der Waals surface area contributed by atoms with Crippen molar-refractivity contribution in [2.45, 2.75) is 23.1 Å². The minimum Gasteiger partial charge on any atom is -0.338 e. The number of halogens is 3. The quantitative estimate of drug-likeness (QED) is 0.627. The number of nitrogens with one attached hydrogen (secondary N) is 2. The van der Waals surface area contributed by atoms with E-state index in [2.05, 4.69) is 10.6 Å². The lowest BCUT2D eigenvalue weighted by Crippen LogP contribution is -2.29. The predicted octanol–water partition coefficient (Wildman–Crippen LogP) is 6.33. The maximum atomic E-state index is 11.7. The van der Waals surface area contributed by atoms with Gasteiger partial charge in [0.1, 0.15) is 0 Å². The third kappa shape index (κ3) is 5.50. The predicted molar refractivity (Wildman–Crippen MR) is 99.3 cm³/mol. The Morgan fingerprint density at radius 2 is 1.70 bits per heavy atom. The van der Waals surface area contributed by atoms with Gasteiger partial charge in [-0.1, -0.05) is 53.5 Å². The van der Waals surface area contributed by atoms with Crippen LogP contribution in [0.2, 0.25) is 15.1 Å². The molecule has 0 atom stereocenters. The van der Waals surface area contributed by atoms with Crippen molar-refractivity contribution in [1.29, 1.82) is 0 Å². The summed E-state index contributed by atoms with van der Waals surface area (Å²) in [4.78, 5) is 13.4. The molecular weight excluding hydrogens is 375 g/mol. The van der Waals surface area contributed by atoms with Gasteiger partial charge in [0.05, 0.1) is 10.0 Å². The molecule has 2 rings (SSSR count). The average Bonchev–Trinajstić information content (AvgIpc) is 2.50. The lowest BCUT2D eigenvalue weighted by molar-refractivity contribution is 0.252. The second-order valence-corrected chi connectivity index (χ2v) is 7.04. The Bertz CT molecular complexity index is 669. The van der Waals surface area contributed by atoms with Crippen LogP contribution in [0.3, 0.4) is 0 Å². The zero-order valence-electron chi connectivity index (χ0n) is 12.3. The van der Waals surface area contributed by atoms with Gasteiger partial charge in [0.25, 0.3) is 0 Å². The highest BCUT2D eigenvalue weighted by atomic mass is 35.5. The molecule has 2 aromatic carbocycles. The van der Waals surface area contributed by atoms with Gasteiger partial charge in [0, 0.05) is 27.0 Å². The van der Waals surface area contributed by atoms with Crippen molar-refractivity contribution in [3.63, 3.8) is 0 Å². The van der Waals surface area contributed by atoms with Crippen LogP contribution in [0.15, 0.2) is 46.2 Å². The van der Waals surface area contributed by atoms with E-state index < -0.39 is 0 Å². The standard InChI is InChI=1S/C16H15Cl3N2OS/c1-2-7-20-16(22)21-11-8-13(18)15(14(19)9-11)23-12-5-3-10(17)4-6-12/h3-6,8-9H,2,7H2,1H3,(H2,20,21,22). The summed E-state index contributed by atoms with van der Waals surface area (Å²) in [7, 11) is 0. The number of rotatable bonds is 5. The molecule has 2 amide bonds. The minimum atomic E-state index is -0.280. The second kappa shape index (κ2) is 8.69. The van der Waals surface area contributed by atoms with Gasteiger partial charge in [-0.25, -0.2) is 4.79 Å². The molecule has 2 aromatic rings. The van der Waals surface area contributed by atoms with Crippen molar-refractivity contribution in [3.05, 3.63) is 51.5 Å². The number of anilines is 1. The van der Waals surface area contributed by atoms with Crippen molar-refractivity contribution in [2.24, 2.45) is 0 Å². The first-order valence-corrected chi connectivity index (χ1v) is 8.92. The minimum absolute atomic E-state index is 0.280. The first-order chi connectivity index (χ1) is 11.0. The van der Waals surface area contributed by atoms with Crippen LogP contribution in [0.25, 0.3) is 0 Å². The first kappa shape index (κ1) is 18.3. The number of urea groups is 1. The van der Waals surface area contributed by atoms with E-state index >= 15 is 0 Å². The van der Waals surface area contributed by atoms with Crippen LogP contribution >= 0.6 is 46.6 Å².